The van der Waals surface area contributed by atoms with E-state index in [1.54, 1.807) is 13.3 Å². The van der Waals surface area contributed by atoms with Crippen molar-refractivity contribution in [3.63, 3.8) is 0 Å². The Bertz CT molecular complexity index is 516. The van der Waals surface area contributed by atoms with Crippen LogP contribution in [0.25, 0.3) is 0 Å². The van der Waals surface area contributed by atoms with Crippen LogP contribution in [0.5, 0.6) is 17.2 Å². The Hall–Kier alpha value is -1.75. The minimum atomic E-state index is 0.441. The fourth-order valence-electron chi connectivity index (χ4n) is 1.50. The van der Waals surface area contributed by atoms with Crippen LogP contribution in [0.4, 0.5) is 0 Å². The quantitative estimate of drug-likeness (QED) is 0.604. The van der Waals surface area contributed by atoms with Gasteiger partial charge < -0.3 is 14.2 Å². The monoisotopic (exact) mass is 323 g/mol. The number of benzene rings is 1. The van der Waals surface area contributed by atoms with Crippen molar-refractivity contribution in [2.45, 2.75) is 0 Å². The number of hydrogen-bond donors (Lipinski definition) is 0. The standard InChI is InChI=1S/C14H14BrNO3/c1-17-12-4-2-3-5-13(12)19-9-8-18-11-6-7-14(15)16-10-11/h2-7,10H,8-9H2,1H3. The van der Waals surface area contributed by atoms with Gasteiger partial charge in [-0.25, -0.2) is 4.98 Å². The van der Waals surface area contributed by atoms with Crippen molar-refractivity contribution in [1.82, 2.24) is 4.98 Å². The molecule has 0 N–H and O–H groups in total. The molecular weight excluding hydrogens is 310 g/mol. The average molecular weight is 324 g/mol. The maximum Gasteiger partial charge on any atom is 0.161 e. The fourth-order valence-corrected chi connectivity index (χ4v) is 1.73. The molecule has 0 aliphatic heterocycles. The van der Waals surface area contributed by atoms with Gasteiger partial charge in [-0.2, -0.15) is 0 Å². The van der Waals surface area contributed by atoms with Gasteiger partial charge in [-0.15, -0.1) is 0 Å². The maximum atomic E-state index is 5.59. The lowest BCUT2D eigenvalue weighted by molar-refractivity contribution is 0.211. The molecule has 0 bridgehead atoms. The molecule has 100 valence electrons. The van der Waals surface area contributed by atoms with E-state index in [0.29, 0.717) is 30.5 Å². The van der Waals surface area contributed by atoms with Crippen molar-refractivity contribution in [2.75, 3.05) is 20.3 Å². The van der Waals surface area contributed by atoms with E-state index in [4.69, 9.17) is 14.2 Å². The zero-order chi connectivity index (χ0) is 13.5. The first-order valence-corrected chi connectivity index (χ1v) is 6.59. The predicted octanol–water partition coefficient (Wildman–Crippen LogP) is 3.31. The van der Waals surface area contributed by atoms with E-state index in [0.717, 1.165) is 4.60 Å². The van der Waals surface area contributed by atoms with Gasteiger partial charge in [0.2, 0.25) is 0 Å². The van der Waals surface area contributed by atoms with Crippen LogP contribution >= 0.6 is 15.9 Å². The van der Waals surface area contributed by atoms with Crippen molar-refractivity contribution in [3.05, 3.63) is 47.2 Å². The molecule has 0 aliphatic carbocycles. The van der Waals surface area contributed by atoms with Gasteiger partial charge in [0.1, 0.15) is 23.6 Å². The number of nitrogens with zero attached hydrogens (tertiary/aromatic N) is 1. The van der Waals surface area contributed by atoms with Gasteiger partial charge in [0, 0.05) is 0 Å². The van der Waals surface area contributed by atoms with Crippen LogP contribution in [-0.2, 0) is 0 Å². The Morgan fingerprint density at radius 2 is 1.74 bits per heavy atom. The highest BCUT2D eigenvalue weighted by molar-refractivity contribution is 9.10. The summed E-state index contributed by atoms with van der Waals surface area (Å²) in [5.74, 6) is 2.14. The van der Waals surface area contributed by atoms with E-state index < -0.39 is 0 Å². The van der Waals surface area contributed by atoms with Crippen molar-refractivity contribution in [3.8, 4) is 17.2 Å². The molecular formula is C14H14BrNO3. The maximum absolute atomic E-state index is 5.59. The molecule has 0 saturated heterocycles. The minimum absolute atomic E-state index is 0.441. The number of pyridine rings is 1. The van der Waals surface area contributed by atoms with E-state index in [9.17, 15) is 0 Å². The second kappa shape index (κ2) is 6.99. The molecule has 1 aromatic heterocycles. The van der Waals surface area contributed by atoms with Crippen LogP contribution in [0.3, 0.4) is 0 Å². The van der Waals surface area contributed by atoms with Gasteiger partial charge in [0.15, 0.2) is 11.5 Å². The van der Waals surface area contributed by atoms with Crippen molar-refractivity contribution in [2.24, 2.45) is 0 Å². The summed E-state index contributed by atoms with van der Waals surface area (Å²) in [5, 5.41) is 0. The van der Waals surface area contributed by atoms with E-state index >= 15 is 0 Å². The Labute approximate surface area is 120 Å². The SMILES string of the molecule is COc1ccccc1OCCOc1ccc(Br)nc1. The van der Waals surface area contributed by atoms with Crippen LogP contribution in [0.15, 0.2) is 47.2 Å². The van der Waals surface area contributed by atoms with E-state index in [1.807, 2.05) is 36.4 Å². The smallest absolute Gasteiger partial charge is 0.161 e. The highest BCUT2D eigenvalue weighted by atomic mass is 79.9. The molecule has 0 amide bonds. The van der Waals surface area contributed by atoms with Crippen LogP contribution < -0.4 is 14.2 Å². The Balaban J connectivity index is 1.79. The predicted molar refractivity (Wildman–Crippen MR) is 75.9 cm³/mol. The fraction of sp³-hybridized carbons (Fsp3) is 0.214. The summed E-state index contributed by atoms with van der Waals surface area (Å²) in [7, 11) is 1.62. The van der Waals surface area contributed by atoms with E-state index in [2.05, 4.69) is 20.9 Å². The molecule has 0 aliphatic rings. The molecule has 19 heavy (non-hydrogen) atoms. The van der Waals surface area contributed by atoms with E-state index in [-0.39, 0.29) is 0 Å². The first kappa shape index (κ1) is 13.7. The van der Waals surface area contributed by atoms with Gasteiger partial charge >= 0.3 is 0 Å². The van der Waals surface area contributed by atoms with Gasteiger partial charge in [-0.05, 0) is 40.2 Å². The number of hydrogen-bond acceptors (Lipinski definition) is 4. The summed E-state index contributed by atoms with van der Waals surface area (Å²) >= 11 is 3.27. The molecule has 1 aromatic carbocycles. The number of rotatable bonds is 6. The molecule has 0 unspecified atom stereocenters. The highest BCUT2D eigenvalue weighted by Gasteiger charge is 2.02. The van der Waals surface area contributed by atoms with Gasteiger partial charge in [-0.3, -0.25) is 0 Å². The summed E-state index contributed by atoms with van der Waals surface area (Å²) < 4.78 is 17.1. The highest BCUT2D eigenvalue weighted by Crippen LogP contribution is 2.25. The topological polar surface area (TPSA) is 40.6 Å². The third-order valence-corrected chi connectivity index (χ3v) is 2.85. The Morgan fingerprint density at radius 3 is 2.42 bits per heavy atom. The van der Waals surface area contributed by atoms with Crippen LogP contribution in [0.1, 0.15) is 0 Å². The number of halogens is 1. The lowest BCUT2D eigenvalue weighted by Gasteiger charge is -2.10. The van der Waals surface area contributed by atoms with Crippen LogP contribution in [-0.4, -0.2) is 25.3 Å². The van der Waals surface area contributed by atoms with Crippen LogP contribution in [0, 0.1) is 0 Å². The van der Waals surface area contributed by atoms with Crippen LogP contribution in [0.2, 0.25) is 0 Å². The van der Waals surface area contributed by atoms with Crippen molar-refractivity contribution < 1.29 is 14.2 Å². The molecule has 0 atom stereocenters. The summed E-state index contributed by atoms with van der Waals surface area (Å²) in [6.07, 6.45) is 1.66. The van der Waals surface area contributed by atoms with Gasteiger partial charge in [-0.1, -0.05) is 12.1 Å². The largest absolute Gasteiger partial charge is 0.493 e. The number of aromatic nitrogens is 1. The number of ether oxygens (including phenoxy) is 3. The third kappa shape index (κ3) is 4.13. The molecule has 5 heteroatoms. The molecule has 2 rings (SSSR count). The molecule has 2 aromatic rings. The lowest BCUT2D eigenvalue weighted by Crippen LogP contribution is -2.09. The zero-order valence-electron chi connectivity index (χ0n) is 10.5. The first-order chi connectivity index (χ1) is 9.29. The van der Waals surface area contributed by atoms with Gasteiger partial charge in [0.05, 0.1) is 13.3 Å². The normalized spacial score (nSPS) is 10.0. The van der Waals surface area contributed by atoms with E-state index in [1.165, 1.54) is 0 Å². The average Bonchev–Trinajstić information content (AvgIpc) is 2.46. The lowest BCUT2D eigenvalue weighted by atomic mass is 10.3. The summed E-state index contributed by atoms with van der Waals surface area (Å²) in [6, 6.07) is 11.2. The second-order valence-electron chi connectivity index (χ2n) is 3.66. The van der Waals surface area contributed by atoms with Crippen molar-refractivity contribution in [1.29, 1.82) is 0 Å². The second-order valence-corrected chi connectivity index (χ2v) is 4.48. The first-order valence-electron chi connectivity index (χ1n) is 5.80. The Kier molecular flexibility index (Phi) is 5.03. The molecule has 0 spiro atoms. The molecule has 0 radical (unpaired) electrons. The summed E-state index contributed by atoms with van der Waals surface area (Å²) in [5.41, 5.74) is 0. The summed E-state index contributed by atoms with van der Waals surface area (Å²) in [6.45, 7) is 0.887. The number of para-hydroxylation sites is 2. The summed E-state index contributed by atoms with van der Waals surface area (Å²) in [4.78, 5) is 4.07. The Morgan fingerprint density at radius 1 is 1.00 bits per heavy atom. The van der Waals surface area contributed by atoms with Crippen molar-refractivity contribution >= 4 is 15.9 Å². The third-order valence-electron chi connectivity index (χ3n) is 2.38. The van der Waals surface area contributed by atoms with Gasteiger partial charge in [0.25, 0.3) is 0 Å². The molecule has 0 saturated carbocycles. The minimum Gasteiger partial charge on any atom is -0.493 e. The zero-order valence-corrected chi connectivity index (χ0v) is 12.1. The molecule has 1 heterocycles. The molecule has 0 fully saturated rings. The molecule has 4 nitrogen and oxygen atoms in total. The number of methoxy groups -OCH3 is 1.